The summed E-state index contributed by atoms with van der Waals surface area (Å²) in [5.41, 5.74) is 2.85. The molecule has 142 valence electrons. The number of methoxy groups -OCH3 is 1. The molecule has 0 bridgehead atoms. The summed E-state index contributed by atoms with van der Waals surface area (Å²) in [6.45, 7) is 2.59. The number of aryl methyl sites for hydroxylation is 1. The Morgan fingerprint density at radius 1 is 1.07 bits per heavy atom. The van der Waals surface area contributed by atoms with Gasteiger partial charge < -0.3 is 24.8 Å². The molecule has 1 atom stereocenters. The van der Waals surface area contributed by atoms with E-state index >= 15 is 0 Å². The molecule has 0 saturated heterocycles. The zero-order chi connectivity index (χ0) is 19.2. The summed E-state index contributed by atoms with van der Waals surface area (Å²) in [7, 11) is 1.57. The van der Waals surface area contributed by atoms with Crippen molar-refractivity contribution < 1.29 is 23.8 Å². The van der Waals surface area contributed by atoms with Crippen molar-refractivity contribution in [3.05, 3.63) is 59.2 Å². The molecule has 2 N–H and O–H groups in total. The van der Waals surface area contributed by atoms with Crippen LogP contribution in [0.1, 0.15) is 22.8 Å². The van der Waals surface area contributed by atoms with E-state index in [1.807, 2.05) is 37.3 Å². The van der Waals surface area contributed by atoms with Crippen LogP contribution in [0.15, 0.2) is 42.5 Å². The third-order valence-corrected chi connectivity index (χ3v) is 4.36. The number of rotatable bonds is 6. The SMILES string of the molecule is CO[C@H](CNC(=O)C(=O)NCc1ccc2c(c1)OCO2)c1ccccc1C. The summed E-state index contributed by atoms with van der Waals surface area (Å²) in [4.78, 5) is 24.1. The van der Waals surface area contributed by atoms with Gasteiger partial charge in [-0.15, -0.1) is 0 Å². The standard InChI is InChI=1S/C20H22N2O5/c1-13-5-3-4-6-15(13)18(25-2)11-22-20(24)19(23)21-10-14-7-8-16-17(9-14)27-12-26-16/h3-9,18H,10-12H2,1-2H3,(H,21,23)(H,22,24)/t18-/m1/s1. The second kappa shape index (κ2) is 8.55. The van der Waals surface area contributed by atoms with Gasteiger partial charge in [0, 0.05) is 20.2 Å². The Hall–Kier alpha value is -3.06. The van der Waals surface area contributed by atoms with Crippen LogP contribution in [0.3, 0.4) is 0 Å². The maximum atomic E-state index is 12.1. The minimum absolute atomic E-state index is 0.190. The lowest BCUT2D eigenvalue weighted by atomic mass is 10.0. The molecule has 0 aromatic heterocycles. The fraction of sp³-hybridized carbons (Fsp3) is 0.300. The van der Waals surface area contributed by atoms with Crippen LogP contribution in [-0.2, 0) is 20.9 Å². The molecule has 7 heteroatoms. The molecule has 2 amide bonds. The summed E-state index contributed by atoms with van der Waals surface area (Å²) in [5, 5.41) is 5.21. The summed E-state index contributed by atoms with van der Waals surface area (Å²) in [6.07, 6.45) is -0.322. The third-order valence-electron chi connectivity index (χ3n) is 4.36. The van der Waals surface area contributed by atoms with Gasteiger partial charge in [-0.25, -0.2) is 0 Å². The number of benzene rings is 2. The van der Waals surface area contributed by atoms with Crippen molar-refractivity contribution in [1.82, 2.24) is 10.6 Å². The molecular weight excluding hydrogens is 348 g/mol. The minimum atomic E-state index is -0.702. The molecule has 7 nitrogen and oxygen atoms in total. The number of amides is 2. The predicted molar refractivity (Wildman–Crippen MR) is 98.4 cm³/mol. The maximum absolute atomic E-state index is 12.1. The van der Waals surface area contributed by atoms with Gasteiger partial charge in [-0.1, -0.05) is 30.3 Å². The summed E-state index contributed by atoms with van der Waals surface area (Å²) in [5.74, 6) is -0.101. The molecular formula is C20H22N2O5. The lowest BCUT2D eigenvalue weighted by molar-refractivity contribution is -0.139. The molecule has 0 fully saturated rings. The zero-order valence-corrected chi connectivity index (χ0v) is 15.3. The molecule has 0 radical (unpaired) electrons. The van der Waals surface area contributed by atoms with E-state index in [0.29, 0.717) is 11.5 Å². The van der Waals surface area contributed by atoms with Crippen LogP contribution in [0.5, 0.6) is 11.5 Å². The molecule has 27 heavy (non-hydrogen) atoms. The van der Waals surface area contributed by atoms with Gasteiger partial charge >= 0.3 is 11.8 Å². The lowest BCUT2D eigenvalue weighted by Crippen LogP contribution is -2.41. The van der Waals surface area contributed by atoms with Crippen molar-refractivity contribution in [2.75, 3.05) is 20.4 Å². The molecule has 0 saturated carbocycles. The quantitative estimate of drug-likeness (QED) is 0.758. The van der Waals surface area contributed by atoms with Crippen LogP contribution >= 0.6 is 0 Å². The van der Waals surface area contributed by atoms with Crippen LogP contribution in [0.4, 0.5) is 0 Å². The van der Waals surface area contributed by atoms with E-state index in [4.69, 9.17) is 14.2 Å². The Balaban J connectivity index is 1.50. The molecule has 0 spiro atoms. The van der Waals surface area contributed by atoms with Gasteiger partial charge in [-0.2, -0.15) is 0 Å². The Bertz CT molecular complexity index is 837. The highest BCUT2D eigenvalue weighted by Crippen LogP contribution is 2.32. The number of carbonyl (C=O) groups is 2. The molecule has 1 aliphatic rings. The minimum Gasteiger partial charge on any atom is -0.454 e. The van der Waals surface area contributed by atoms with Crippen molar-refractivity contribution in [3.8, 4) is 11.5 Å². The van der Waals surface area contributed by atoms with Crippen LogP contribution in [-0.4, -0.2) is 32.3 Å². The number of hydrogen-bond donors (Lipinski definition) is 2. The molecule has 1 heterocycles. The molecule has 2 aromatic carbocycles. The van der Waals surface area contributed by atoms with Crippen LogP contribution < -0.4 is 20.1 Å². The van der Waals surface area contributed by atoms with Crippen LogP contribution in [0.2, 0.25) is 0 Å². The monoisotopic (exact) mass is 370 g/mol. The molecule has 3 rings (SSSR count). The van der Waals surface area contributed by atoms with Crippen molar-refractivity contribution in [2.45, 2.75) is 19.6 Å². The van der Waals surface area contributed by atoms with Gasteiger partial charge in [0.15, 0.2) is 11.5 Å². The van der Waals surface area contributed by atoms with Crippen molar-refractivity contribution in [1.29, 1.82) is 0 Å². The first kappa shape index (κ1) is 18.7. The maximum Gasteiger partial charge on any atom is 0.309 e. The van der Waals surface area contributed by atoms with E-state index in [-0.39, 0.29) is 26.0 Å². The van der Waals surface area contributed by atoms with Crippen LogP contribution in [0.25, 0.3) is 0 Å². The summed E-state index contributed by atoms with van der Waals surface area (Å²) >= 11 is 0. The fourth-order valence-electron chi connectivity index (χ4n) is 2.85. The number of hydrogen-bond acceptors (Lipinski definition) is 5. The van der Waals surface area contributed by atoms with E-state index < -0.39 is 11.8 Å². The van der Waals surface area contributed by atoms with Crippen molar-refractivity contribution in [2.24, 2.45) is 0 Å². The first-order valence-corrected chi connectivity index (χ1v) is 8.61. The zero-order valence-electron chi connectivity index (χ0n) is 15.3. The normalized spacial score (nSPS) is 13.1. The molecule has 2 aromatic rings. The van der Waals surface area contributed by atoms with Gasteiger partial charge in [0.25, 0.3) is 0 Å². The van der Waals surface area contributed by atoms with Gasteiger partial charge in [0.1, 0.15) is 0 Å². The lowest BCUT2D eigenvalue weighted by Gasteiger charge is -2.18. The smallest absolute Gasteiger partial charge is 0.309 e. The number of nitrogens with one attached hydrogen (secondary N) is 2. The van der Waals surface area contributed by atoms with Crippen molar-refractivity contribution >= 4 is 11.8 Å². The number of ether oxygens (including phenoxy) is 3. The number of carbonyl (C=O) groups excluding carboxylic acids is 2. The van der Waals surface area contributed by atoms with E-state index in [1.165, 1.54) is 0 Å². The highest BCUT2D eigenvalue weighted by Gasteiger charge is 2.18. The summed E-state index contributed by atoms with van der Waals surface area (Å²) in [6, 6.07) is 13.1. The van der Waals surface area contributed by atoms with E-state index in [9.17, 15) is 9.59 Å². The van der Waals surface area contributed by atoms with E-state index in [1.54, 1.807) is 19.2 Å². The average Bonchev–Trinajstić information content (AvgIpc) is 3.15. The third kappa shape index (κ3) is 4.57. The number of fused-ring (bicyclic) bond motifs is 1. The Morgan fingerprint density at radius 2 is 1.81 bits per heavy atom. The summed E-state index contributed by atoms with van der Waals surface area (Å²) < 4.78 is 16.0. The average molecular weight is 370 g/mol. The van der Waals surface area contributed by atoms with Gasteiger partial charge in [-0.05, 0) is 35.7 Å². The van der Waals surface area contributed by atoms with E-state index in [2.05, 4.69) is 10.6 Å². The Labute approximate surface area is 157 Å². The first-order chi connectivity index (χ1) is 13.1. The topological polar surface area (TPSA) is 85.9 Å². The Morgan fingerprint density at radius 3 is 2.59 bits per heavy atom. The van der Waals surface area contributed by atoms with Gasteiger partial charge in [-0.3, -0.25) is 9.59 Å². The molecule has 0 aliphatic carbocycles. The van der Waals surface area contributed by atoms with Gasteiger partial charge in [0.05, 0.1) is 6.10 Å². The predicted octanol–water partition coefficient (Wildman–Crippen LogP) is 1.84. The van der Waals surface area contributed by atoms with E-state index in [0.717, 1.165) is 16.7 Å². The first-order valence-electron chi connectivity index (χ1n) is 8.61. The molecule has 0 unspecified atom stereocenters. The van der Waals surface area contributed by atoms with Crippen LogP contribution in [0, 0.1) is 6.92 Å². The second-order valence-electron chi connectivity index (χ2n) is 6.16. The fourth-order valence-corrected chi connectivity index (χ4v) is 2.85. The second-order valence-corrected chi connectivity index (χ2v) is 6.16. The highest BCUT2D eigenvalue weighted by atomic mass is 16.7. The Kier molecular flexibility index (Phi) is 5.93. The largest absolute Gasteiger partial charge is 0.454 e. The highest BCUT2D eigenvalue weighted by molar-refractivity contribution is 6.35. The van der Waals surface area contributed by atoms with Crippen molar-refractivity contribution in [3.63, 3.8) is 0 Å². The van der Waals surface area contributed by atoms with Gasteiger partial charge in [0.2, 0.25) is 6.79 Å². The molecule has 1 aliphatic heterocycles.